The standard InChI is InChI=1S/C14H23N3O/c1-2-10-17(12-14(18)16-9-8-15)11-13-6-4-3-5-7-13/h3-7H,2,8-12,15H2,1H3,(H,16,18). The van der Waals surface area contributed by atoms with Crippen LogP contribution in [0.25, 0.3) is 0 Å². The van der Waals surface area contributed by atoms with Gasteiger partial charge < -0.3 is 11.1 Å². The van der Waals surface area contributed by atoms with E-state index in [1.807, 2.05) is 18.2 Å². The second-order valence-corrected chi connectivity index (χ2v) is 4.33. The Morgan fingerprint density at radius 1 is 1.33 bits per heavy atom. The van der Waals surface area contributed by atoms with Crippen molar-refractivity contribution in [2.24, 2.45) is 5.73 Å². The van der Waals surface area contributed by atoms with Crippen molar-refractivity contribution in [1.82, 2.24) is 10.2 Å². The quantitative estimate of drug-likeness (QED) is 0.722. The fraction of sp³-hybridized carbons (Fsp3) is 0.500. The summed E-state index contributed by atoms with van der Waals surface area (Å²) in [6.07, 6.45) is 1.04. The zero-order valence-corrected chi connectivity index (χ0v) is 11.1. The average molecular weight is 249 g/mol. The molecule has 1 rings (SSSR count). The first-order valence-electron chi connectivity index (χ1n) is 6.49. The Morgan fingerprint density at radius 2 is 2.06 bits per heavy atom. The predicted octanol–water partition coefficient (Wildman–Crippen LogP) is 0.974. The summed E-state index contributed by atoms with van der Waals surface area (Å²) in [7, 11) is 0. The number of rotatable bonds is 8. The lowest BCUT2D eigenvalue weighted by molar-refractivity contribution is -0.122. The number of hydrogen-bond donors (Lipinski definition) is 2. The van der Waals surface area contributed by atoms with Crippen molar-refractivity contribution in [2.45, 2.75) is 19.9 Å². The van der Waals surface area contributed by atoms with Gasteiger partial charge in [0.25, 0.3) is 0 Å². The molecule has 0 atom stereocenters. The van der Waals surface area contributed by atoms with Gasteiger partial charge in [0.15, 0.2) is 0 Å². The highest BCUT2D eigenvalue weighted by atomic mass is 16.2. The van der Waals surface area contributed by atoms with Crippen LogP contribution in [0.5, 0.6) is 0 Å². The molecule has 0 saturated heterocycles. The SMILES string of the molecule is CCCN(CC(=O)NCCN)Cc1ccccc1. The molecule has 0 fully saturated rings. The molecule has 0 aromatic heterocycles. The summed E-state index contributed by atoms with van der Waals surface area (Å²) in [5.74, 6) is 0.0461. The first-order chi connectivity index (χ1) is 8.76. The van der Waals surface area contributed by atoms with E-state index in [1.54, 1.807) is 0 Å². The van der Waals surface area contributed by atoms with E-state index in [2.05, 4.69) is 29.3 Å². The van der Waals surface area contributed by atoms with Crippen LogP contribution in [0.15, 0.2) is 30.3 Å². The van der Waals surface area contributed by atoms with E-state index in [1.165, 1.54) is 5.56 Å². The molecule has 3 N–H and O–H groups in total. The molecule has 0 unspecified atom stereocenters. The molecule has 0 aliphatic heterocycles. The normalized spacial score (nSPS) is 10.6. The largest absolute Gasteiger partial charge is 0.354 e. The molecule has 4 nitrogen and oxygen atoms in total. The maximum Gasteiger partial charge on any atom is 0.234 e. The Balaban J connectivity index is 2.46. The van der Waals surface area contributed by atoms with Crippen LogP contribution in [0, 0.1) is 0 Å². The van der Waals surface area contributed by atoms with Gasteiger partial charge in [-0.05, 0) is 18.5 Å². The van der Waals surface area contributed by atoms with E-state index in [4.69, 9.17) is 5.73 Å². The third-order valence-electron chi connectivity index (χ3n) is 2.62. The molecule has 0 radical (unpaired) electrons. The lowest BCUT2D eigenvalue weighted by atomic mass is 10.2. The van der Waals surface area contributed by atoms with Crippen molar-refractivity contribution in [2.75, 3.05) is 26.2 Å². The topological polar surface area (TPSA) is 58.4 Å². The van der Waals surface area contributed by atoms with E-state index < -0.39 is 0 Å². The minimum absolute atomic E-state index is 0.0461. The molecule has 1 aromatic rings. The summed E-state index contributed by atoms with van der Waals surface area (Å²) >= 11 is 0. The highest BCUT2D eigenvalue weighted by molar-refractivity contribution is 5.77. The molecule has 0 aliphatic carbocycles. The fourth-order valence-corrected chi connectivity index (χ4v) is 1.84. The molecule has 100 valence electrons. The smallest absolute Gasteiger partial charge is 0.234 e. The van der Waals surface area contributed by atoms with Crippen LogP contribution in [-0.2, 0) is 11.3 Å². The van der Waals surface area contributed by atoms with Crippen LogP contribution in [0.3, 0.4) is 0 Å². The number of nitrogens with zero attached hydrogens (tertiary/aromatic N) is 1. The van der Waals surface area contributed by atoms with Gasteiger partial charge in [0, 0.05) is 19.6 Å². The Labute approximate surface area is 109 Å². The third kappa shape index (κ3) is 5.80. The third-order valence-corrected chi connectivity index (χ3v) is 2.62. The molecule has 0 bridgehead atoms. The van der Waals surface area contributed by atoms with E-state index in [9.17, 15) is 4.79 Å². The van der Waals surface area contributed by atoms with Crippen molar-refractivity contribution < 1.29 is 4.79 Å². The predicted molar refractivity (Wildman–Crippen MR) is 74.1 cm³/mol. The fourth-order valence-electron chi connectivity index (χ4n) is 1.84. The molecule has 0 saturated carbocycles. The van der Waals surface area contributed by atoms with Crippen LogP contribution in [-0.4, -0.2) is 37.0 Å². The average Bonchev–Trinajstić information content (AvgIpc) is 2.38. The number of carbonyl (C=O) groups excluding carboxylic acids is 1. The lowest BCUT2D eigenvalue weighted by Gasteiger charge is -2.21. The van der Waals surface area contributed by atoms with Gasteiger partial charge in [-0.3, -0.25) is 9.69 Å². The Morgan fingerprint density at radius 3 is 2.67 bits per heavy atom. The van der Waals surface area contributed by atoms with Crippen molar-refractivity contribution in [3.05, 3.63) is 35.9 Å². The van der Waals surface area contributed by atoms with Crippen LogP contribution < -0.4 is 11.1 Å². The van der Waals surface area contributed by atoms with Crippen LogP contribution in [0.2, 0.25) is 0 Å². The number of amides is 1. The summed E-state index contributed by atoms with van der Waals surface area (Å²) in [5, 5.41) is 2.80. The minimum atomic E-state index is 0.0461. The van der Waals surface area contributed by atoms with E-state index >= 15 is 0 Å². The Bertz CT molecular complexity index is 340. The van der Waals surface area contributed by atoms with Crippen molar-refractivity contribution >= 4 is 5.91 Å². The van der Waals surface area contributed by atoms with Gasteiger partial charge in [0.1, 0.15) is 0 Å². The number of hydrogen-bond acceptors (Lipinski definition) is 3. The zero-order chi connectivity index (χ0) is 13.2. The van der Waals surface area contributed by atoms with Crippen LogP contribution >= 0.6 is 0 Å². The first-order valence-corrected chi connectivity index (χ1v) is 6.49. The highest BCUT2D eigenvalue weighted by Gasteiger charge is 2.09. The zero-order valence-electron chi connectivity index (χ0n) is 11.1. The van der Waals surface area contributed by atoms with Crippen LogP contribution in [0.1, 0.15) is 18.9 Å². The minimum Gasteiger partial charge on any atom is -0.354 e. The molecule has 4 heteroatoms. The number of carbonyl (C=O) groups is 1. The Kier molecular flexibility index (Phi) is 7.06. The summed E-state index contributed by atoms with van der Waals surface area (Å²) in [6, 6.07) is 10.2. The summed E-state index contributed by atoms with van der Waals surface area (Å²) in [5.41, 5.74) is 6.60. The van der Waals surface area contributed by atoms with E-state index in [-0.39, 0.29) is 5.91 Å². The van der Waals surface area contributed by atoms with Gasteiger partial charge in [0.05, 0.1) is 6.54 Å². The maximum atomic E-state index is 11.7. The second kappa shape index (κ2) is 8.66. The molecule has 0 spiro atoms. The van der Waals surface area contributed by atoms with Crippen molar-refractivity contribution in [3.63, 3.8) is 0 Å². The van der Waals surface area contributed by atoms with Gasteiger partial charge in [-0.25, -0.2) is 0 Å². The maximum absolute atomic E-state index is 11.7. The lowest BCUT2D eigenvalue weighted by Crippen LogP contribution is -2.39. The molecular weight excluding hydrogens is 226 g/mol. The molecule has 1 aromatic carbocycles. The van der Waals surface area contributed by atoms with Gasteiger partial charge in [-0.1, -0.05) is 37.3 Å². The first kappa shape index (κ1) is 14.7. The molecule has 1 amide bonds. The van der Waals surface area contributed by atoms with Gasteiger partial charge in [0.2, 0.25) is 5.91 Å². The van der Waals surface area contributed by atoms with E-state index in [0.29, 0.717) is 19.6 Å². The second-order valence-electron chi connectivity index (χ2n) is 4.33. The van der Waals surface area contributed by atoms with Gasteiger partial charge in [-0.2, -0.15) is 0 Å². The number of nitrogens with one attached hydrogen (secondary N) is 1. The summed E-state index contributed by atoms with van der Waals surface area (Å²) in [6.45, 7) is 5.32. The summed E-state index contributed by atoms with van der Waals surface area (Å²) in [4.78, 5) is 13.8. The van der Waals surface area contributed by atoms with Gasteiger partial charge >= 0.3 is 0 Å². The van der Waals surface area contributed by atoms with E-state index in [0.717, 1.165) is 19.5 Å². The number of benzene rings is 1. The Hall–Kier alpha value is -1.39. The molecule has 0 aliphatic rings. The van der Waals surface area contributed by atoms with Crippen LogP contribution in [0.4, 0.5) is 0 Å². The highest BCUT2D eigenvalue weighted by Crippen LogP contribution is 2.04. The van der Waals surface area contributed by atoms with Crippen molar-refractivity contribution in [3.8, 4) is 0 Å². The van der Waals surface area contributed by atoms with Gasteiger partial charge in [-0.15, -0.1) is 0 Å². The number of nitrogens with two attached hydrogens (primary N) is 1. The van der Waals surface area contributed by atoms with Crippen molar-refractivity contribution in [1.29, 1.82) is 0 Å². The molecule has 18 heavy (non-hydrogen) atoms. The molecular formula is C14H23N3O. The summed E-state index contributed by atoms with van der Waals surface area (Å²) < 4.78 is 0. The monoisotopic (exact) mass is 249 g/mol. The molecule has 0 heterocycles.